The van der Waals surface area contributed by atoms with Crippen LogP contribution in [0.2, 0.25) is 0 Å². The molecule has 28 heavy (non-hydrogen) atoms. The van der Waals surface area contributed by atoms with Crippen molar-refractivity contribution < 1.29 is 18.8 Å². The van der Waals surface area contributed by atoms with E-state index in [4.69, 9.17) is 9.26 Å². The number of thioether (sulfide) groups is 1. The Bertz CT molecular complexity index is 1010. The van der Waals surface area contributed by atoms with Gasteiger partial charge in [-0.15, -0.1) is 0 Å². The molecule has 0 fully saturated rings. The second-order valence-electron chi connectivity index (χ2n) is 6.39. The van der Waals surface area contributed by atoms with Crippen molar-refractivity contribution in [2.45, 2.75) is 31.6 Å². The van der Waals surface area contributed by atoms with E-state index in [1.165, 1.54) is 11.8 Å². The fourth-order valence-corrected chi connectivity index (χ4v) is 3.57. The molecular formula is C21H20N2O4S. The van der Waals surface area contributed by atoms with Gasteiger partial charge in [0.05, 0.1) is 11.3 Å². The van der Waals surface area contributed by atoms with E-state index in [-0.39, 0.29) is 12.4 Å². The zero-order valence-corrected chi connectivity index (χ0v) is 16.7. The zero-order chi connectivity index (χ0) is 20.1. The first-order chi connectivity index (χ1) is 13.4. The number of nitrogens with zero attached hydrogens (tertiary/aromatic N) is 2. The van der Waals surface area contributed by atoms with Crippen molar-refractivity contribution in [3.8, 4) is 0 Å². The fourth-order valence-electron chi connectivity index (χ4n) is 2.70. The van der Waals surface area contributed by atoms with Gasteiger partial charge >= 0.3 is 5.97 Å². The van der Waals surface area contributed by atoms with Gasteiger partial charge in [-0.25, -0.2) is 9.78 Å². The van der Waals surface area contributed by atoms with Crippen LogP contribution in [0.4, 0.5) is 0 Å². The molecule has 144 valence electrons. The number of carbonyl (C=O) groups is 2. The Hall–Kier alpha value is -2.93. The van der Waals surface area contributed by atoms with E-state index in [9.17, 15) is 9.59 Å². The molecule has 3 aromatic rings. The van der Waals surface area contributed by atoms with Crippen LogP contribution in [0.15, 0.2) is 52.1 Å². The molecule has 3 rings (SSSR count). The molecule has 0 amide bonds. The predicted molar refractivity (Wildman–Crippen MR) is 106 cm³/mol. The molecule has 0 N–H and O–H groups in total. The van der Waals surface area contributed by atoms with Crippen LogP contribution in [0, 0.1) is 20.8 Å². The van der Waals surface area contributed by atoms with Crippen molar-refractivity contribution in [2.24, 2.45) is 0 Å². The number of Topliss-reactive ketones (excluding diaryl/α,β-unsaturated/α-hetero) is 1. The lowest BCUT2D eigenvalue weighted by atomic mass is 10.0. The van der Waals surface area contributed by atoms with Gasteiger partial charge in [-0.2, -0.15) is 0 Å². The number of carbonyl (C=O) groups excluding carboxylic acids is 2. The second-order valence-corrected chi connectivity index (χ2v) is 7.36. The standard InChI is InChI=1S/C21H20N2O4S/c1-13-6-7-17(14(2)9-13)19(24)11-26-21(25)18-5-4-8-22-20(18)28-12-16-10-15(3)27-23-16/h4-10H,11-12H2,1-3H3. The number of hydrogen-bond acceptors (Lipinski definition) is 7. The third kappa shape index (κ3) is 4.86. The van der Waals surface area contributed by atoms with E-state index < -0.39 is 5.97 Å². The molecule has 0 saturated heterocycles. The number of benzene rings is 1. The number of hydrogen-bond donors (Lipinski definition) is 0. The topological polar surface area (TPSA) is 82.3 Å². The molecule has 1 aromatic carbocycles. The lowest BCUT2D eigenvalue weighted by Crippen LogP contribution is -2.16. The molecule has 0 radical (unpaired) electrons. The first kappa shape index (κ1) is 19.8. The Labute approximate surface area is 167 Å². The highest BCUT2D eigenvalue weighted by molar-refractivity contribution is 7.98. The van der Waals surface area contributed by atoms with Gasteiger partial charge in [0.1, 0.15) is 10.8 Å². The zero-order valence-electron chi connectivity index (χ0n) is 15.9. The lowest BCUT2D eigenvalue weighted by Gasteiger charge is -2.09. The average molecular weight is 396 g/mol. The molecule has 7 heteroatoms. The number of ether oxygens (including phenoxy) is 1. The van der Waals surface area contributed by atoms with Crippen molar-refractivity contribution >= 4 is 23.5 Å². The molecule has 0 aliphatic rings. The Morgan fingerprint density at radius 1 is 1.11 bits per heavy atom. The summed E-state index contributed by atoms with van der Waals surface area (Å²) in [6.45, 7) is 5.33. The number of ketones is 1. The van der Waals surface area contributed by atoms with Crippen LogP contribution in [0.1, 0.15) is 43.3 Å². The average Bonchev–Trinajstić information content (AvgIpc) is 3.09. The molecule has 0 aliphatic carbocycles. The summed E-state index contributed by atoms with van der Waals surface area (Å²) in [4.78, 5) is 29.1. The largest absolute Gasteiger partial charge is 0.454 e. The van der Waals surface area contributed by atoms with E-state index >= 15 is 0 Å². The molecule has 0 unspecified atom stereocenters. The minimum Gasteiger partial charge on any atom is -0.454 e. The first-order valence-corrected chi connectivity index (χ1v) is 9.70. The summed E-state index contributed by atoms with van der Waals surface area (Å²) in [6, 6.07) is 10.7. The molecular weight excluding hydrogens is 376 g/mol. The molecule has 0 aliphatic heterocycles. The lowest BCUT2D eigenvalue weighted by molar-refractivity contribution is 0.0470. The van der Waals surface area contributed by atoms with Gasteiger partial charge in [-0.1, -0.05) is 40.7 Å². The van der Waals surface area contributed by atoms with Gasteiger partial charge in [0.15, 0.2) is 6.61 Å². The molecule has 0 atom stereocenters. The smallest absolute Gasteiger partial charge is 0.341 e. The minimum absolute atomic E-state index is 0.234. The number of rotatable bonds is 7. The summed E-state index contributed by atoms with van der Waals surface area (Å²) in [5, 5.41) is 4.45. The molecule has 0 spiro atoms. The Balaban J connectivity index is 1.64. The number of aryl methyl sites for hydroxylation is 3. The number of aromatic nitrogens is 2. The van der Waals surface area contributed by atoms with Crippen molar-refractivity contribution in [3.05, 3.63) is 76.3 Å². The van der Waals surface area contributed by atoms with Crippen molar-refractivity contribution in [3.63, 3.8) is 0 Å². The SMILES string of the molecule is Cc1ccc(C(=O)COC(=O)c2cccnc2SCc2cc(C)on2)c(C)c1. The summed E-state index contributed by atoms with van der Waals surface area (Å²) < 4.78 is 10.3. The third-order valence-corrected chi connectivity index (χ3v) is 5.08. The van der Waals surface area contributed by atoms with E-state index in [1.807, 2.05) is 39.0 Å². The van der Waals surface area contributed by atoms with Crippen LogP contribution < -0.4 is 0 Å². The van der Waals surface area contributed by atoms with E-state index in [0.717, 1.165) is 22.6 Å². The maximum Gasteiger partial charge on any atom is 0.341 e. The normalized spacial score (nSPS) is 10.7. The van der Waals surface area contributed by atoms with Crippen LogP contribution in [0.25, 0.3) is 0 Å². The summed E-state index contributed by atoms with van der Waals surface area (Å²) in [5.41, 5.74) is 3.58. The van der Waals surface area contributed by atoms with Crippen LogP contribution in [-0.4, -0.2) is 28.5 Å². The summed E-state index contributed by atoms with van der Waals surface area (Å²) in [7, 11) is 0. The number of esters is 1. The highest BCUT2D eigenvalue weighted by Gasteiger charge is 2.17. The molecule has 6 nitrogen and oxygen atoms in total. The van der Waals surface area contributed by atoms with Crippen molar-refractivity contribution in [1.82, 2.24) is 10.1 Å². The van der Waals surface area contributed by atoms with Crippen molar-refractivity contribution in [1.29, 1.82) is 0 Å². The quantitative estimate of drug-likeness (QED) is 0.334. The fraction of sp³-hybridized carbons (Fsp3) is 0.238. The summed E-state index contributed by atoms with van der Waals surface area (Å²) >= 11 is 1.36. The highest BCUT2D eigenvalue weighted by Crippen LogP contribution is 2.24. The van der Waals surface area contributed by atoms with Gasteiger partial charge in [0.2, 0.25) is 5.78 Å². The summed E-state index contributed by atoms with van der Waals surface area (Å²) in [6.07, 6.45) is 1.61. The third-order valence-electron chi connectivity index (χ3n) is 4.04. The Kier molecular flexibility index (Phi) is 6.26. The van der Waals surface area contributed by atoms with Gasteiger partial charge in [-0.05, 0) is 38.5 Å². The number of pyridine rings is 1. The van der Waals surface area contributed by atoms with Gasteiger partial charge in [-0.3, -0.25) is 4.79 Å². The maximum atomic E-state index is 12.5. The minimum atomic E-state index is -0.579. The Morgan fingerprint density at radius 3 is 2.64 bits per heavy atom. The first-order valence-electron chi connectivity index (χ1n) is 8.71. The summed E-state index contributed by atoms with van der Waals surface area (Å²) in [5.74, 6) is 0.420. The van der Waals surface area contributed by atoms with E-state index in [1.54, 1.807) is 24.4 Å². The van der Waals surface area contributed by atoms with Crippen LogP contribution in [-0.2, 0) is 10.5 Å². The van der Waals surface area contributed by atoms with Gasteiger partial charge in [0.25, 0.3) is 0 Å². The van der Waals surface area contributed by atoms with Crippen LogP contribution in [0.5, 0.6) is 0 Å². The second kappa shape index (κ2) is 8.84. The van der Waals surface area contributed by atoms with E-state index in [2.05, 4.69) is 10.1 Å². The predicted octanol–water partition coefficient (Wildman–Crippen LogP) is 4.33. The van der Waals surface area contributed by atoms with Gasteiger partial charge < -0.3 is 9.26 Å². The monoisotopic (exact) mass is 396 g/mol. The van der Waals surface area contributed by atoms with Crippen LogP contribution >= 0.6 is 11.8 Å². The van der Waals surface area contributed by atoms with Crippen molar-refractivity contribution in [2.75, 3.05) is 6.61 Å². The van der Waals surface area contributed by atoms with E-state index in [0.29, 0.717) is 21.9 Å². The molecule has 2 heterocycles. The van der Waals surface area contributed by atoms with Gasteiger partial charge in [0, 0.05) is 23.6 Å². The molecule has 2 aromatic heterocycles. The molecule has 0 bridgehead atoms. The maximum absolute atomic E-state index is 12.5. The highest BCUT2D eigenvalue weighted by atomic mass is 32.2. The molecule has 0 saturated carbocycles. The Morgan fingerprint density at radius 2 is 1.93 bits per heavy atom. The van der Waals surface area contributed by atoms with Crippen LogP contribution in [0.3, 0.4) is 0 Å².